The van der Waals surface area contributed by atoms with Gasteiger partial charge in [-0.2, -0.15) is 0 Å². The van der Waals surface area contributed by atoms with E-state index in [0.29, 0.717) is 18.7 Å². The minimum absolute atomic E-state index is 0.181. The van der Waals surface area contributed by atoms with E-state index in [0.717, 1.165) is 17.6 Å². The standard InChI is InChI=1S/C17H19BrFNO/c1-21-10-9-20(12-14-5-3-2-4-6-14)13-15-7-8-16(18)11-17(15)19/h2-8,11H,9-10,12-13H2,1H3. The van der Waals surface area contributed by atoms with Crippen molar-refractivity contribution >= 4 is 15.9 Å². The van der Waals surface area contributed by atoms with E-state index in [4.69, 9.17) is 4.74 Å². The average Bonchev–Trinajstić information content (AvgIpc) is 2.48. The molecule has 0 saturated carbocycles. The molecule has 4 heteroatoms. The van der Waals surface area contributed by atoms with Crippen molar-refractivity contribution in [3.8, 4) is 0 Å². The lowest BCUT2D eigenvalue weighted by atomic mass is 10.1. The van der Waals surface area contributed by atoms with E-state index in [1.807, 2.05) is 30.3 Å². The fraction of sp³-hybridized carbons (Fsp3) is 0.294. The van der Waals surface area contributed by atoms with Crippen LogP contribution in [0.5, 0.6) is 0 Å². The predicted octanol–water partition coefficient (Wildman–Crippen LogP) is 4.24. The monoisotopic (exact) mass is 351 g/mol. The Morgan fingerprint density at radius 2 is 1.86 bits per heavy atom. The highest BCUT2D eigenvalue weighted by molar-refractivity contribution is 9.10. The predicted molar refractivity (Wildman–Crippen MR) is 86.5 cm³/mol. The summed E-state index contributed by atoms with van der Waals surface area (Å²) in [5, 5.41) is 0. The van der Waals surface area contributed by atoms with Crippen LogP contribution >= 0.6 is 15.9 Å². The van der Waals surface area contributed by atoms with Crippen LogP contribution in [0, 0.1) is 5.82 Å². The van der Waals surface area contributed by atoms with Crippen LogP contribution in [-0.4, -0.2) is 25.2 Å². The Balaban J connectivity index is 2.08. The quantitative estimate of drug-likeness (QED) is 0.739. The van der Waals surface area contributed by atoms with Crippen molar-refractivity contribution in [3.63, 3.8) is 0 Å². The molecule has 0 fully saturated rings. The molecule has 0 spiro atoms. The van der Waals surface area contributed by atoms with Crippen molar-refractivity contribution in [2.24, 2.45) is 0 Å². The van der Waals surface area contributed by atoms with Crippen molar-refractivity contribution in [2.75, 3.05) is 20.3 Å². The molecule has 0 unspecified atom stereocenters. The Morgan fingerprint density at radius 3 is 2.52 bits per heavy atom. The highest BCUT2D eigenvalue weighted by Crippen LogP contribution is 2.18. The lowest BCUT2D eigenvalue weighted by molar-refractivity contribution is 0.139. The Morgan fingerprint density at radius 1 is 1.10 bits per heavy atom. The van der Waals surface area contributed by atoms with E-state index < -0.39 is 0 Å². The van der Waals surface area contributed by atoms with Crippen LogP contribution in [0.3, 0.4) is 0 Å². The van der Waals surface area contributed by atoms with Crippen LogP contribution in [0.4, 0.5) is 4.39 Å². The van der Waals surface area contributed by atoms with Crippen molar-refractivity contribution in [2.45, 2.75) is 13.1 Å². The molecule has 0 aliphatic carbocycles. The molecule has 21 heavy (non-hydrogen) atoms. The third-order valence-electron chi connectivity index (χ3n) is 3.27. The number of hydrogen-bond acceptors (Lipinski definition) is 2. The van der Waals surface area contributed by atoms with Gasteiger partial charge in [0.15, 0.2) is 0 Å². The summed E-state index contributed by atoms with van der Waals surface area (Å²) in [6.45, 7) is 2.74. The lowest BCUT2D eigenvalue weighted by Gasteiger charge is -2.22. The zero-order valence-electron chi connectivity index (χ0n) is 12.1. The van der Waals surface area contributed by atoms with Gasteiger partial charge in [-0.25, -0.2) is 4.39 Å². The molecule has 0 amide bonds. The largest absolute Gasteiger partial charge is 0.383 e. The molecule has 2 aromatic rings. The third kappa shape index (κ3) is 5.23. The summed E-state index contributed by atoms with van der Waals surface area (Å²) in [7, 11) is 1.68. The van der Waals surface area contributed by atoms with Crippen LogP contribution < -0.4 is 0 Å². The average molecular weight is 352 g/mol. The Labute approximate surface area is 133 Å². The molecule has 0 aliphatic heterocycles. The fourth-order valence-corrected chi connectivity index (χ4v) is 2.50. The summed E-state index contributed by atoms with van der Waals surface area (Å²) < 4.78 is 19.9. The highest BCUT2D eigenvalue weighted by Gasteiger charge is 2.10. The molecule has 2 aromatic carbocycles. The molecule has 0 aliphatic rings. The SMILES string of the molecule is COCCN(Cc1ccccc1)Cc1ccc(Br)cc1F. The summed E-state index contributed by atoms with van der Waals surface area (Å²) in [6.07, 6.45) is 0. The molecule has 0 atom stereocenters. The van der Waals surface area contributed by atoms with Crippen LogP contribution in [-0.2, 0) is 17.8 Å². The number of nitrogens with zero attached hydrogens (tertiary/aromatic N) is 1. The number of ether oxygens (including phenoxy) is 1. The first-order valence-corrected chi connectivity index (χ1v) is 7.67. The molecule has 0 N–H and O–H groups in total. The first-order valence-electron chi connectivity index (χ1n) is 6.88. The number of benzene rings is 2. The molecule has 0 aromatic heterocycles. The summed E-state index contributed by atoms with van der Waals surface area (Å²) in [5.74, 6) is -0.181. The van der Waals surface area contributed by atoms with Crippen LogP contribution in [0.2, 0.25) is 0 Å². The van der Waals surface area contributed by atoms with Gasteiger partial charge in [-0.3, -0.25) is 4.90 Å². The maximum absolute atomic E-state index is 14.0. The van der Waals surface area contributed by atoms with Gasteiger partial charge < -0.3 is 4.74 Å². The third-order valence-corrected chi connectivity index (χ3v) is 3.76. The number of hydrogen-bond donors (Lipinski definition) is 0. The van der Waals surface area contributed by atoms with Gasteiger partial charge in [-0.05, 0) is 17.7 Å². The Bertz CT molecular complexity index is 562. The van der Waals surface area contributed by atoms with E-state index >= 15 is 0 Å². The molecule has 2 nitrogen and oxygen atoms in total. The first kappa shape index (κ1) is 16.1. The Kier molecular flexibility index (Phi) is 6.36. The van der Waals surface area contributed by atoms with E-state index in [1.54, 1.807) is 7.11 Å². The second-order valence-corrected chi connectivity index (χ2v) is 5.84. The maximum atomic E-state index is 14.0. The smallest absolute Gasteiger partial charge is 0.128 e. The number of halogens is 2. The maximum Gasteiger partial charge on any atom is 0.128 e. The van der Waals surface area contributed by atoms with Gasteiger partial charge in [0.1, 0.15) is 5.82 Å². The minimum atomic E-state index is -0.181. The van der Waals surface area contributed by atoms with Gasteiger partial charge in [0.2, 0.25) is 0 Å². The van der Waals surface area contributed by atoms with Crippen LogP contribution in [0.15, 0.2) is 53.0 Å². The van der Waals surface area contributed by atoms with E-state index in [2.05, 4.69) is 33.0 Å². The van der Waals surface area contributed by atoms with Gasteiger partial charge in [0, 0.05) is 36.8 Å². The van der Waals surface area contributed by atoms with Gasteiger partial charge in [-0.15, -0.1) is 0 Å². The minimum Gasteiger partial charge on any atom is -0.383 e. The molecule has 0 radical (unpaired) electrons. The normalized spacial score (nSPS) is 11.0. The van der Waals surface area contributed by atoms with E-state index in [9.17, 15) is 4.39 Å². The van der Waals surface area contributed by atoms with E-state index in [-0.39, 0.29) is 5.82 Å². The summed E-state index contributed by atoms with van der Waals surface area (Å²) in [6, 6.07) is 15.4. The summed E-state index contributed by atoms with van der Waals surface area (Å²) >= 11 is 3.28. The zero-order chi connectivity index (χ0) is 15.1. The van der Waals surface area contributed by atoms with Gasteiger partial charge in [0.05, 0.1) is 6.61 Å². The van der Waals surface area contributed by atoms with Gasteiger partial charge >= 0.3 is 0 Å². The molecular weight excluding hydrogens is 333 g/mol. The Hall–Kier alpha value is -1.23. The van der Waals surface area contributed by atoms with Crippen LogP contribution in [0.25, 0.3) is 0 Å². The molecule has 112 valence electrons. The van der Waals surface area contributed by atoms with Crippen molar-refractivity contribution < 1.29 is 9.13 Å². The van der Waals surface area contributed by atoms with Crippen molar-refractivity contribution in [1.82, 2.24) is 4.90 Å². The molecule has 0 bridgehead atoms. The number of rotatable bonds is 7. The summed E-state index contributed by atoms with van der Waals surface area (Å²) in [5.41, 5.74) is 1.91. The zero-order valence-corrected chi connectivity index (χ0v) is 13.6. The summed E-state index contributed by atoms with van der Waals surface area (Å²) in [4.78, 5) is 2.19. The molecule has 0 heterocycles. The van der Waals surface area contributed by atoms with Gasteiger partial charge in [-0.1, -0.05) is 52.3 Å². The van der Waals surface area contributed by atoms with Crippen molar-refractivity contribution in [1.29, 1.82) is 0 Å². The molecule has 0 saturated heterocycles. The van der Waals surface area contributed by atoms with Gasteiger partial charge in [0.25, 0.3) is 0 Å². The van der Waals surface area contributed by atoms with E-state index in [1.165, 1.54) is 11.6 Å². The second kappa shape index (κ2) is 8.27. The first-order chi connectivity index (χ1) is 10.2. The molecular formula is C17H19BrFNO. The highest BCUT2D eigenvalue weighted by atomic mass is 79.9. The lowest BCUT2D eigenvalue weighted by Crippen LogP contribution is -2.27. The van der Waals surface area contributed by atoms with Crippen LogP contribution in [0.1, 0.15) is 11.1 Å². The fourth-order valence-electron chi connectivity index (χ4n) is 2.17. The van der Waals surface area contributed by atoms with Crippen molar-refractivity contribution in [3.05, 3.63) is 69.9 Å². The number of methoxy groups -OCH3 is 1. The second-order valence-electron chi connectivity index (χ2n) is 4.92. The topological polar surface area (TPSA) is 12.5 Å². The molecule has 2 rings (SSSR count).